The normalized spacial score (nSPS) is 11.2. The largest absolute Gasteiger partial charge is 0.456 e. The number of fused-ring (bicyclic) bond motifs is 3. The Kier molecular flexibility index (Phi) is 5.07. The maximum atomic E-state index is 6.34. The minimum absolute atomic E-state index is 0.604. The van der Waals surface area contributed by atoms with Crippen LogP contribution in [-0.4, -0.2) is 15.0 Å². The van der Waals surface area contributed by atoms with E-state index in [4.69, 9.17) is 19.4 Å². The zero-order valence-corrected chi connectivity index (χ0v) is 19.9. The van der Waals surface area contributed by atoms with Crippen LogP contribution in [0.25, 0.3) is 67.2 Å². The van der Waals surface area contributed by atoms with Crippen LogP contribution in [0.3, 0.4) is 0 Å². The number of nitrogens with zero attached hydrogens (tertiary/aromatic N) is 3. The van der Waals surface area contributed by atoms with Crippen molar-refractivity contribution in [3.05, 3.63) is 127 Å². The number of para-hydroxylation sites is 1. The maximum absolute atomic E-state index is 6.34. The predicted octanol–water partition coefficient (Wildman–Crippen LogP) is 8.44. The molecule has 0 fully saturated rings. The Hall–Kier alpha value is -5.09. The molecule has 0 atom stereocenters. The molecule has 0 radical (unpaired) electrons. The van der Waals surface area contributed by atoms with Crippen molar-refractivity contribution in [1.29, 1.82) is 0 Å². The molecule has 7 aromatic rings. The zero-order chi connectivity index (χ0) is 24.6. The van der Waals surface area contributed by atoms with Gasteiger partial charge in [-0.3, -0.25) is 0 Å². The smallest absolute Gasteiger partial charge is 0.164 e. The van der Waals surface area contributed by atoms with Crippen LogP contribution in [0, 0.1) is 0 Å². The topological polar surface area (TPSA) is 51.8 Å². The second-order valence-corrected chi connectivity index (χ2v) is 8.90. The first kappa shape index (κ1) is 21.2. The Morgan fingerprint density at radius 2 is 0.892 bits per heavy atom. The van der Waals surface area contributed by atoms with Crippen LogP contribution in [0.4, 0.5) is 0 Å². The van der Waals surface area contributed by atoms with Crippen molar-refractivity contribution in [3.8, 4) is 45.3 Å². The summed E-state index contributed by atoms with van der Waals surface area (Å²) in [6.45, 7) is 0. The Morgan fingerprint density at radius 3 is 1.49 bits per heavy atom. The fourth-order valence-corrected chi connectivity index (χ4v) is 4.77. The highest BCUT2D eigenvalue weighted by atomic mass is 16.3. The lowest BCUT2D eigenvalue weighted by atomic mass is 9.97. The van der Waals surface area contributed by atoms with Gasteiger partial charge in [0.2, 0.25) is 0 Å². The lowest BCUT2D eigenvalue weighted by molar-refractivity contribution is 0.669. The van der Waals surface area contributed by atoms with Gasteiger partial charge in [-0.2, -0.15) is 0 Å². The zero-order valence-electron chi connectivity index (χ0n) is 19.9. The number of hydrogen-bond donors (Lipinski definition) is 0. The third-order valence-corrected chi connectivity index (χ3v) is 6.52. The summed E-state index contributed by atoms with van der Waals surface area (Å²) in [5.41, 5.74) is 6.62. The first-order chi connectivity index (χ1) is 18.3. The van der Waals surface area contributed by atoms with E-state index in [-0.39, 0.29) is 0 Å². The van der Waals surface area contributed by atoms with Crippen LogP contribution < -0.4 is 0 Å². The average molecular weight is 476 g/mol. The number of rotatable bonds is 4. The molecule has 2 heterocycles. The number of hydrogen-bond acceptors (Lipinski definition) is 4. The molecule has 2 aromatic heterocycles. The van der Waals surface area contributed by atoms with E-state index in [1.54, 1.807) is 0 Å². The third kappa shape index (κ3) is 3.85. The summed E-state index contributed by atoms with van der Waals surface area (Å²) in [6.07, 6.45) is 0. The number of aromatic nitrogens is 3. The first-order valence-corrected chi connectivity index (χ1v) is 12.2. The Morgan fingerprint density at radius 1 is 0.405 bits per heavy atom. The van der Waals surface area contributed by atoms with Crippen molar-refractivity contribution in [1.82, 2.24) is 15.0 Å². The molecule has 0 spiro atoms. The summed E-state index contributed by atoms with van der Waals surface area (Å²) in [6, 6.07) is 42.8. The first-order valence-electron chi connectivity index (χ1n) is 12.2. The van der Waals surface area contributed by atoms with E-state index < -0.39 is 0 Å². The summed E-state index contributed by atoms with van der Waals surface area (Å²) in [7, 11) is 0. The third-order valence-electron chi connectivity index (χ3n) is 6.52. The van der Waals surface area contributed by atoms with Gasteiger partial charge in [0.25, 0.3) is 0 Å². The van der Waals surface area contributed by atoms with Gasteiger partial charge in [-0.15, -0.1) is 0 Å². The van der Waals surface area contributed by atoms with E-state index in [9.17, 15) is 0 Å². The van der Waals surface area contributed by atoms with Gasteiger partial charge in [-0.05, 0) is 29.3 Å². The second-order valence-electron chi connectivity index (χ2n) is 8.90. The van der Waals surface area contributed by atoms with E-state index in [1.165, 1.54) is 0 Å². The van der Waals surface area contributed by atoms with Gasteiger partial charge >= 0.3 is 0 Å². The molecule has 0 aliphatic rings. The molecule has 0 aliphatic carbocycles. The summed E-state index contributed by atoms with van der Waals surface area (Å²) in [5.74, 6) is 1.87. The van der Waals surface area contributed by atoms with Crippen molar-refractivity contribution < 1.29 is 4.42 Å². The molecule has 0 amide bonds. The average Bonchev–Trinajstić information content (AvgIpc) is 3.36. The Balaban J connectivity index is 1.51. The molecule has 0 saturated carbocycles. The van der Waals surface area contributed by atoms with Crippen LogP contribution in [0.2, 0.25) is 0 Å². The van der Waals surface area contributed by atoms with E-state index in [2.05, 4.69) is 36.4 Å². The van der Waals surface area contributed by atoms with Gasteiger partial charge < -0.3 is 4.42 Å². The summed E-state index contributed by atoms with van der Waals surface area (Å²) in [5, 5.41) is 2.18. The van der Waals surface area contributed by atoms with Crippen LogP contribution in [0.15, 0.2) is 132 Å². The van der Waals surface area contributed by atoms with E-state index in [0.717, 1.165) is 49.8 Å². The SMILES string of the molecule is c1ccc(-c2nc(-c3ccccc3)nc(-c3cc(-c4ccccc4)c4c(c3)oc3ccccc34)n2)cc1. The monoisotopic (exact) mass is 475 g/mol. The lowest BCUT2D eigenvalue weighted by Crippen LogP contribution is -2.00. The summed E-state index contributed by atoms with van der Waals surface area (Å²) in [4.78, 5) is 14.7. The number of benzene rings is 5. The highest BCUT2D eigenvalue weighted by Gasteiger charge is 2.18. The highest BCUT2D eigenvalue weighted by Crippen LogP contribution is 2.39. The van der Waals surface area contributed by atoms with Crippen LogP contribution >= 0.6 is 0 Å². The van der Waals surface area contributed by atoms with Crippen LogP contribution in [0.1, 0.15) is 0 Å². The van der Waals surface area contributed by atoms with Gasteiger partial charge in [0.1, 0.15) is 11.2 Å². The molecule has 0 saturated heterocycles. The van der Waals surface area contributed by atoms with E-state index in [0.29, 0.717) is 17.5 Å². The molecule has 0 aliphatic heterocycles. The van der Waals surface area contributed by atoms with E-state index in [1.807, 2.05) is 91.0 Å². The van der Waals surface area contributed by atoms with Gasteiger partial charge in [0.05, 0.1) is 0 Å². The summed E-state index contributed by atoms with van der Waals surface area (Å²) < 4.78 is 6.34. The quantitative estimate of drug-likeness (QED) is 0.256. The van der Waals surface area contributed by atoms with Crippen molar-refractivity contribution in [3.63, 3.8) is 0 Å². The molecule has 37 heavy (non-hydrogen) atoms. The van der Waals surface area contributed by atoms with Crippen LogP contribution in [0.5, 0.6) is 0 Å². The highest BCUT2D eigenvalue weighted by molar-refractivity contribution is 6.13. The molecule has 0 N–H and O–H groups in total. The van der Waals surface area contributed by atoms with Gasteiger partial charge in [-0.25, -0.2) is 15.0 Å². The molecule has 4 nitrogen and oxygen atoms in total. The Bertz CT molecular complexity index is 1800. The second kappa shape index (κ2) is 8.85. The van der Waals surface area contributed by atoms with Crippen molar-refractivity contribution in [2.75, 3.05) is 0 Å². The minimum atomic E-state index is 0.604. The molecule has 4 heteroatoms. The van der Waals surface area contributed by atoms with Gasteiger partial charge in [0, 0.05) is 27.5 Å². The standard InChI is InChI=1S/C33H21N3O/c1-4-12-22(13-5-1)27-20-25(21-29-30(27)26-18-10-11-19-28(26)37-29)33-35-31(23-14-6-2-7-15-23)34-32(36-33)24-16-8-3-9-17-24/h1-21H. The molecule has 0 unspecified atom stereocenters. The maximum Gasteiger partial charge on any atom is 0.164 e. The Labute approximate surface area is 213 Å². The lowest BCUT2D eigenvalue weighted by Gasteiger charge is -2.10. The van der Waals surface area contributed by atoms with Gasteiger partial charge in [0.15, 0.2) is 17.5 Å². The molecule has 174 valence electrons. The van der Waals surface area contributed by atoms with Crippen molar-refractivity contribution in [2.45, 2.75) is 0 Å². The number of furan rings is 1. The minimum Gasteiger partial charge on any atom is -0.456 e. The molecule has 5 aromatic carbocycles. The molecule has 7 rings (SSSR count). The van der Waals surface area contributed by atoms with Gasteiger partial charge in [-0.1, -0.05) is 109 Å². The molecule has 0 bridgehead atoms. The van der Waals surface area contributed by atoms with Crippen molar-refractivity contribution in [2.24, 2.45) is 0 Å². The summed E-state index contributed by atoms with van der Waals surface area (Å²) >= 11 is 0. The fourth-order valence-electron chi connectivity index (χ4n) is 4.77. The fraction of sp³-hybridized carbons (Fsp3) is 0. The van der Waals surface area contributed by atoms with E-state index >= 15 is 0 Å². The molecular weight excluding hydrogens is 454 g/mol. The molecular formula is C33H21N3O. The van der Waals surface area contributed by atoms with Crippen molar-refractivity contribution >= 4 is 21.9 Å². The van der Waals surface area contributed by atoms with Crippen LogP contribution in [-0.2, 0) is 0 Å². The predicted molar refractivity (Wildman–Crippen MR) is 149 cm³/mol.